The molecule has 1 aliphatic carbocycles. The van der Waals surface area contributed by atoms with E-state index in [0.29, 0.717) is 22.5 Å². The Kier molecular flexibility index (Phi) is 4.49. The average Bonchev–Trinajstić information content (AvgIpc) is 3.06. The van der Waals surface area contributed by atoms with E-state index in [0.717, 1.165) is 12.1 Å². The summed E-state index contributed by atoms with van der Waals surface area (Å²) in [5.74, 6) is -0.136. The fraction of sp³-hybridized carbons (Fsp3) is 0.462. The van der Waals surface area contributed by atoms with Crippen molar-refractivity contribution in [3.63, 3.8) is 0 Å². The van der Waals surface area contributed by atoms with E-state index < -0.39 is 5.97 Å². The van der Waals surface area contributed by atoms with Crippen LogP contribution >= 0.6 is 23.2 Å². The standard InChI is InChI=1S/C13H15Cl2NO2/c14-11-4-3-10(5-12(11)15)7-16(8-13(17)18)6-9-1-2-9/h3-5,9H,1-2,6-8H2,(H,17,18). The average molecular weight is 288 g/mol. The molecule has 0 aromatic heterocycles. The van der Waals surface area contributed by atoms with Crippen molar-refractivity contribution in [2.45, 2.75) is 19.4 Å². The molecule has 18 heavy (non-hydrogen) atoms. The number of rotatable bonds is 6. The molecule has 5 heteroatoms. The Labute approximate surface area is 116 Å². The zero-order valence-corrected chi connectivity index (χ0v) is 11.4. The minimum Gasteiger partial charge on any atom is -0.480 e. The molecule has 0 saturated heterocycles. The second-order valence-electron chi connectivity index (χ2n) is 4.76. The van der Waals surface area contributed by atoms with E-state index in [-0.39, 0.29) is 6.54 Å². The Bertz CT molecular complexity index is 447. The number of aliphatic carboxylic acids is 1. The fourth-order valence-electron chi connectivity index (χ4n) is 1.94. The number of nitrogens with zero attached hydrogens (tertiary/aromatic N) is 1. The lowest BCUT2D eigenvalue weighted by atomic mass is 10.2. The molecule has 1 N–H and O–H groups in total. The number of hydrogen-bond donors (Lipinski definition) is 1. The normalized spacial score (nSPS) is 15.1. The molecule has 0 atom stereocenters. The van der Waals surface area contributed by atoms with E-state index in [4.69, 9.17) is 28.3 Å². The number of halogens is 2. The Morgan fingerprint density at radius 1 is 1.33 bits per heavy atom. The van der Waals surface area contributed by atoms with Gasteiger partial charge in [0.1, 0.15) is 0 Å². The molecule has 0 bridgehead atoms. The zero-order valence-electron chi connectivity index (χ0n) is 9.90. The van der Waals surface area contributed by atoms with Gasteiger partial charge in [-0.15, -0.1) is 0 Å². The maximum atomic E-state index is 10.8. The lowest BCUT2D eigenvalue weighted by molar-refractivity contribution is -0.138. The third-order valence-electron chi connectivity index (χ3n) is 2.96. The molecule has 0 spiro atoms. The zero-order chi connectivity index (χ0) is 13.1. The molecular formula is C13H15Cl2NO2. The van der Waals surface area contributed by atoms with Gasteiger partial charge in [-0.3, -0.25) is 9.69 Å². The van der Waals surface area contributed by atoms with Crippen LogP contribution < -0.4 is 0 Å². The molecule has 1 aromatic rings. The van der Waals surface area contributed by atoms with Crippen LogP contribution in [0.2, 0.25) is 10.0 Å². The van der Waals surface area contributed by atoms with Crippen molar-refractivity contribution >= 4 is 29.2 Å². The topological polar surface area (TPSA) is 40.5 Å². The first-order chi connectivity index (χ1) is 8.54. The molecular weight excluding hydrogens is 273 g/mol. The van der Waals surface area contributed by atoms with Gasteiger partial charge in [-0.05, 0) is 36.5 Å². The number of carbonyl (C=O) groups is 1. The van der Waals surface area contributed by atoms with Crippen LogP contribution in [-0.2, 0) is 11.3 Å². The minimum absolute atomic E-state index is 0.0662. The molecule has 1 fully saturated rings. The number of hydrogen-bond acceptors (Lipinski definition) is 2. The van der Waals surface area contributed by atoms with Gasteiger partial charge in [0, 0.05) is 13.1 Å². The lowest BCUT2D eigenvalue weighted by Gasteiger charge is -2.20. The van der Waals surface area contributed by atoms with Crippen molar-refractivity contribution < 1.29 is 9.90 Å². The second-order valence-corrected chi connectivity index (χ2v) is 5.57. The molecule has 0 radical (unpaired) electrons. The van der Waals surface area contributed by atoms with E-state index in [1.54, 1.807) is 12.1 Å². The Hall–Kier alpha value is -0.770. The van der Waals surface area contributed by atoms with Crippen LogP contribution in [-0.4, -0.2) is 29.1 Å². The summed E-state index contributed by atoms with van der Waals surface area (Å²) in [6.07, 6.45) is 2.41. The number of carboxylic acid groups (broad SMARTS) is 1. The smallest absolute Gasteiger partial charge is 0.317 e. The van der Waals surface area contributed by atoms with Crippen molar-refractivity contribution in [2.75, 3.05) is 13.1 Å². The predicted molar refractivity (Wildman–Crippen MR) is 72.1 cm³/mol. The summed E-state index contributed by atoms with van der Waals surface area (Å²) >= 11 is 11.8. The predicted octanol–water partition coefficient (Wildman–Crippen LogP) is 3.29. The van der Waals surface area contributed by atoms with E-state index in [2.05, 4.69) is 0 Å². The summed E-state index contributed by atoms with van der Waals surface area (Å²) in [4.78, 5) is 12.8. The van der Waals surface area contributed by atoms with E-state index >= 15 is 0 Å². The Morgan fingerprint density at radius 2 is 2.06 bits per heavy atom. The molecule has 0 amide bonds. The molecule has 3 nitrogen and oxygen atoms in total. The molecule has 1 aromatic carbocycles. The highest BCUT2D eigenvalue weighted by Crippen LogP contribution is 2.30. The number of benzene rings is 1. The van der Waals surface area contributed by atoms with E-state index in [1.807, 2.05) is 11.0 Å². The van der Waals surface area contributed by atoms with Crippen LogP contribution in [0.1, 0.15) is 18.4 Å². The quantitative estimate of drug-likeness (QED) is 0.873. The van der Waals surface area contributed by atoms with E-state index in [1.165, 1.54) is 12.8 Å². The van der Waals surface area contributed by atoms with Crippen LogP contribution in [0, 0.1) is 5.92 Å². The van der Waals surface area contributed by atoms with Crippen LogP contribution in [0.3, 0.4) is 0 Å². The summed E-state index contributed by atoms with van der Waals surface area (Å²) in [6, 6.07) is 5.43. The van der Waals surface area contributed by atoms with Crippen molar-refractivity contribution in [3.8, 4) is 0 Å². The highest BCUT2D eigenvalue weighted by Gasteiger charge is 2.25. The minimum atomic E-state index is -0.796. The molecule has 2 rings (SSSR count). The monoisotopic (exact) mass is 287 g/mol. The largest absolute Gasteiger partial charge is 0.480 e. The van der Waals surface area contributed by atoms with Crippen LogP contribution in [0.4, 0.5) is 0 Å². The van der Waals surface area contributed by atoms with Crippen LogP contribution in [0.5, 0.6) is 0 Å². The fourth-order valence-corrected chi connectivity index (χ4v) is 2.26. The van der Waals surface area contributed by atoms with Gasteiger partial charge in [-0.1, -0.05) is 29.3 Å². The Morgan fingerprint density at radius 3 is 2.61 bits per heavy atom. The van der Waals surface area contributed by atoms with Crippen molar-refractivity contribution in [2.24, 2.45) is 5.92 Å². The summed E-state index contributed by atoms with van der Waals surface area (Å²) in [5.41, 5.74) is 0.992. The Balaban J connectivity index is 2.01. The van der Waals surface area contributed by atoms with Gasteiger partial charge in [-0.2, -0.15) is 0 Å². The summed E-state index contributed by atoms with van der Waals surface area (Å²) in [7, 11) is 0. The highest BCUT2D eigenvalue weighted by molar-refractivity contribution is 6.42. The van der Waals surface area contributed by atoms with Crippen LogP contribution in [0.15, 0.2) is 18.2 Å². The molecule has 1 saturated carbocycles. The maximum absolute atomic E-state index is 10.8. The third-order valence-corrected chi connectivity index (χ3v) is 3.70. The highest BCUT2D eigenvalue weighted by atomic mass is 35.5. The third kappa shape index (κ3) is 4.16. The molecule has 0 unspecified atom stereocenters. The second kappa shape index (κ2) is 5.91. The van der Waals surface area contributed by atoms with Crippen molar-refractivity contribution in [1.29, 1.82) is 0 Å². The molecule has 98 valence electrons. The van der Waals surface area contributed by atoms with Crippen molar-refractivity contribution in [1.82, 2.24) is 4.90 Å². The first-order valence-electron chi connectivity index (χ1n) is 5.92. The van der Waals surface area contributed by atoms with Crippen molar-refractivity contribution in [3.05, 3.63) is 33.8 Å². The summed E-state index contributed by atoms with van der Waals surface area (Å²) in [5, 5.41) is 9.94. The summed E-state index contributed by atoms with van der Waals surface area (Å²) in [6.45, 7) is 1.50. The van der Waals surface area contributed by atoms with Gasteiger partial charge in [0.2, 0.25) is 0 Å². The van der Waals surface area contributed by atoms with Crippen LogP contribution in [0.25, 0.3) is 0 Å². The maximum Gasteiger partial charge on any atom is 0.317 e. The molecule has 0 heterocycles. The molecule has 0 aliphatic heterocycles. The summed E-state index contributed by atoms with van der Waals surface area (Å²) < 4.78 is 0. The molecule has 1 aliphatic rings. The SMILES string of the molecule is O=C(O)CN(Cc1ccc(Cl)c(Cl)c1)CC1CC1. The first kappa shape index (κ1) is 13.7. The van der Waals surface area contributed by atoms with Gasteiger partial charge in [0.05, 0.1) is 16.6 Å². The number of carboxylic acids is 1. The van der Waals surface area contributed by atoms with Gasteiger partial charge in [-0.25, -0.2) is 0 Å². The van der Waals surface area contributed by atoms with Gasteiger partial charge in [0.15, 0.2) is 0 Å². The first-order valence-corrected chi connectivity index (χ1v) is 6.68. The van der Waals surface area contributed by atoms with Gasteiger partial charge >= 0.3 is 5.97 Å². The van der Waals surface area contributed by atoms with Gasteiger partial charge in [0.25, 0.3) is 0 Å². The lowest BCUT2D eigenvalue weighted by Crippen LogP contribution is -2.31. The van der Waals surface area contributed by atoms with E-state index in [9.17, 15) is 4.79 Å². The van der Waals surface area contributed by atoms with Gasteiger partial charge < -0.3 is 5.11 Å².